The smallest absolute Gasteiger partial charge is 0.123 e. The molecule has 0 saturated carbocycles. The lowest BCUT2D eigenvalue weighted by Gasteiger charge is -2.14. The first-order valence-electron chi connectivity index (χ1n) is 6.26. The van der Waals surface area contributed by atoms with Crippen molar-refractivity contribution in [2.24, 2.45) is 0 Å². The second kappa shape index (κ2) is 5.02. The molecule has 2 aromatic carbocycles. The zero-order valence-electron chi connectivity index (χ0n) is 10.4. The van der Waals surface area contributed by atoms with Gasteiger partial charge in [0.1, 0.15) is 11.9 Å². The Hall–Kier alpha value is -1.87. The predicted octanol–water partition coefficient (Wildman–Crippen LogP) is 3.34. The highest BCUT2D eigenvalue weighted by Crippen LogP contribution is 2.29. The van der Waals surface area contributed by atoms with Crippen molar-refractivity contribution < 1.29 is 4.74 Å². The molecule has 0 aromatic heterocycles. The van der Waals surface area contributed by atoms with Crippen LogP contribution in [-0.4, -0.2) is 12.6 Å². The molecular formula is C15H15ClN2O. The molecule has 3 nitrogen and oxygen atoms in total. The van der Waals surface area contributed by atoms with E-state index in [1.54, 1.807) is 6.07 Å². The second-order valence-corrected chi connectivity index (χ2v) is 5.08. The van der Waals surface area contributed by atoms with E-state index in [4.69, 9.17) is 22.1 Å². The zero-order valence-corrected chi connectivity index (χ0v) is 11.2. The van der Waals surface area contributed by atoms with Crippen molar-refractivity contribution in [1.82, 2.24) is 0 Å². The third kappa shape index (κ3) is 2.61. The number of nitrogen functional groups attached to an aromatic ring is 1. The van der Waals surface area contributed by atoms with Crippen LogP contribution >= 0.6 is 11.6 Å². The lowest BCUT2D eigenvalue weighted by atomic mass is 10.1. The monoisotopic (exact) mass is 274 g/mol. The molecule has 4 heteroatoms. The van der Waals surface area contributed by atoms with Crippen LogP contribution in [0.3, 0.4) is 0 Å². The molecule has 98 valence electrons. The molecule has 0 fully saturated rings. The fourth-order valence-electron chi connectivity index (χ4n) is 2.27. The van der Waals surface area contributed by atoms with Crippen LogP contribution in [0, 0.1) is 0 Å². The third-order valence-corrected chi connectivity index (χ3v) is 3.54. The summed E-state index contributed by atoms with van der Waals surface area (Å²) in [6.07, 6.45) is 1.07. The number of benzene rings is 2. The van der Waals surface area contributed by atoms with Gasteiger partial charge in [0, 0.05) is 12.1 Å². The Kier molecular flexibility index (Phi) is 3.22. The van der Waals surface area contributed by atoms with Crippen molar-refractivity contribution >= 4 is 23.0 Å². The topological polar surface area (TPSA) is 47.3 Å². The van der Waals surface area contributed by atoms with Crippen molar-refractivity contribution in [3.63, 3.8) is 0 Å². The van der Waals surface area contributed by atoms with E-state index in [1.165, 1.54) is 5.56 Å². The van der Waals surface area contributed by atoms with E-state index in [2.05, 4.69) is 11.4 Å². The van der Waals surface area contributed by atoms with E-state index >= 15 is 0 Å². The number of hydrogen-bond acceptors (Lipinski definition) is 3. The SMILES string of the molecule is Nc1ccc(NCC2Cc3ccccc3O2)c(Cl)c1. The summed E-state index contributed by atoms with van der Waals surface area (Å²) in [5.41, 5.74) is 8.48. The number of nitrogens with two attached hydrogens (primary N) is 1. The number of ether oxygens (including phenoxy) is 1. The number of anilines is 2. The van der Waals surface area contributed by atoms with Crippen molar-refractivity contribution in [1.29, 1.82) is 0 Å². The molecule has 1 aliphatic rings. The molecule has 0 aliphatic carbocycles. The Labute approximate surface area is 117 Å². The molecule has 3 N–H and O–H groups in total. The molecule has 19 heavy (non-hydrogen) atoms. The largest absolute Gasteiger partial charge is 0.488 e. The van der Waals surface area contributed by atoms with Crippen LogP contribution in [0.5, 0.6) is 5.75 Å². The average Bonchev–Trinajstić information content (AvgIpc) is 2.80. The van der Waals surface area contributed by atoms with E-state index in [0.717, 1.165) is 24.4 Å². The normalized spacial score (nSPS) is 16.8. The first kappa shape index (κ1) is 12.2. The van der Waals surface area contributed by atoms with Gasteiger partial charge >= 0.3 is 0 Å². The lowest BCUT2D eigenvalue weighted by Crippen LogP contribution is -2.24. The van der Waals surface area contributed by atoms with Gasteiger partial charge in [-0.15, -0.1) is 0 Å². The molecule has 1 unspecified atom stereocenters. The summed E-state index contributed by atoms with van der Waals surface area (Å²) in [6.45, 7) is 0.721. The maximum Gasteiger partial charge on any atom is 0.123 e. The number of hydrogen-bond donors (Lipinski definition) is 2. The quantitative estimate of drug-likeness (QED) is 0.844. The fraction of sp³-hybridized carbons (Fsp3) is 0.200. The maximum absolute atomic E-state index is 6.12. The predicted molar refractivity (Wildman–Crippen MR) is 78.9 cm³/mol. The highest BCUT2D eigenvalue weighted by atomic mass is 35.5. The van der Waals surface area contributed by atoms with Crippen LogP contribution < -0.4 is 15.8 Å². The number of fused-ring (bicyclic) bond motifs is 1. The van der Waals surface area contributed by atoms with Gasteiger partial charge < -0.3 is 15.8 Å². The zero-order chi connectivity index (χ0) is 13.2. The number of rotatable bonds is 3. The summed E-state index contributed by atoms with van der Waals surface area (Å²) in [7, 11) is 0. The molecule has 0 radical (unpaired) electrons. The van der Waals surface area contributed by atoms with E-state index in [-0.39, 0.29) is 6.10 Å². The fourth-order valence-corrected chi connectivity index (χ4v) is 2.52. The van der Waals surface area contributed by atoms with Gasteiger partial charge in [0.2, 0.25) is 0 Å². The summed E-state index contributed by atoms with van der Waals surface area (Å²) < 4.78 is 5.86. The van der Waals surface area contributed by atoms with E-state index in [0.29, 0.717) is 10.7 Å². The number of halogens is 1. The van der Waals surface area contributed by atoms with Gasteiger partial charge in [-0.3, -0.25) is 0 Å². The van der Waals surface area contributed by atoms with Gasteiger partial charge in [-0.25, -0.2) is 0 Å². The minimum Gasteiger partial charge on any atom is -0.488 e. The van der Waals surface area contributed by atoms with Crippen LogP contribution in [0.4, 0.5) is 11.4 Å². The Balaban J connectivity index is 1.63. The van der Waals surface area contributed by atoms with Gasteiger partial charge in [0.05, 0.1) is 17.3 Å². The maximum atomic E-state index is 6.12. The van der Waals surface area contributed by atoms with Gasteiger partial charge in [0.25, 0.3) is 0 Å². The van der Waals surface area contributed by atoms with E-state index in [9.17, 15) is 0 Å². The molecule has 0 bridgehead atoms. The second-order valence-electron chi connectivity index (χ2n) is 4.67. The molecule has 1 aliphatic heterocycles. The van der Waals surface area contributed by atoms with Crippen LogP contribution in [0.1, 0.15) is 5.56 Å². The number of nitrogens with one attached hydrogen (secondary N) is 1. The van der Waals surface area contributed by atoms with E-state index in [1.807, 2.05) is 30.3 Å². The van der Waals surface area contributed by atoms with Crippen molar-refractivity contribution in [3.05, 3.63) is 53.1 Å². The summed E-state index contributed by atoms with van der Waals surface area (Å²) in [6, 6.07) is 13.6. The molecule has 1 heterocycles. The van der Waals surface area contributed by atoms with Crippen molar-refractivity contribution in [2.75, 3.05) is 17.6 Å². The molecule has 0 spiro atoms. The van der Waals surface area contributed by atoms with Crippen LogP contribution in [-0.2, 0) is 6.42 Å². The van der Waals surface area contributed by atoms with Crippen molar-refractivity contribution in [2.45, 2.75) is 12.5 Å². The number of para-hydroxylation sites is 1. The van der Waals surface area contributed by atoms with Crippen LogP contribution in [0.15, 0.2) is 42.5 Å². The summed E-state index contributed by atoms with van der Waals surface area (Å²) in [5, 5.41) is 3.94. The molecule has 3 rings (SSSR count). The first-order chi connectivity index (χ1) is 9.22. The molecule has 0 saturated heterocycles. The Morgan fingerprint density at radius 3 is 2.89 bits per heavy atom. The summed E-state index contributed by atoms with van der Waals surface area (Å²) in [4.78, 5) is 0. The minimum atomic E-state index is 0.144. The molecule has 2 aromatic rings. The lowest BCUT2D eigenvalue weighted by molar-refractivity contribution is 0.246. The Bertz CT molecular complexity index is 575. The third-order valence-electron chi connectivity index (χ3n) is 3.23. The highest BCUT2D eigenvalue weighted by molar-refractivity contribution is 6.33. The average molecular weight is 275 g/mol. The standard InChI is InChI=1S/C15H15ClN2O/c16-13-8-11(17)5-6-14(13)18-9-12-7-10-3-1-2-4-15(10)19-12/h1-6,8,12,18H,7,9,17H2. The van der Waals surface area contributed by atoms with Gasteiger partial charge in [-0.2, -0.15) is 0 Å². The summed E-state index contributed by atoms with van der Waals surface area (Å²) in [5.74, 6) is 0.984. The molecular weight excluding hydrogens is 260 g/mol. The van der Waals surface area contributed by atoms with Crippen LogP contribution in [0.25, 0.3) is 0 Å². The van der Waals surface area contributed by atoms with Crippen LogP contribution in [0.2, 0.25) is 5.02 Å². The molecule has 1 atom stereocenters. The Morgan fingerprint density at radius 1 is 1.26 bits per heavy atom. The molecule has 0 amide bonds. The van der Waals surface area contributed by atoms with Gasteiger partial charge in [-0.1, -0.05) is 29.8 Å². The first-order valence-corrected chi connectivity index (χ1v) is 6.63. The van der Waals surface area contributed by atoms with Crippen molar-refractivity contribution in [3.8, 4) is 5.75 Å². The van der Waals surface area contributed by atoms with Gasteiger partial charge in [0.15, 0.2) is 0 Å². The van der Waals surface area contributed by atoms with Gasteiger partial charge in [-0.05, 0) is 29.8 Å². The minimum absolute atomic E-state index is 0.144. The highest BCUT2D eigenvalue weighted by Gasteiger charge is 2.21. The Morgan fingerprint density at radius 2 is 2.11 bits per heavy atom. The summed E-state index contributed by atoms with van der Waals surface area (Å²) >= 11 is 6.12. The van der Waals surface area contributed by atoms with E-state index < -0.39 is 0 Å².